The lowest BCUT2D eigenvalue weighted by atomic mass is 10.2. The van der Waals surface area contributed by atoms with Crippen LogP contribution in [-0.4, -0.2) is 33.7 Å². The first-order chi connectivity index (χ1) is 8.04. The lowest BCUT2D eigenvalue weighted by Gasteiger charge is -2.09. The molecule has 0 aliphatic rings. The number of carbonyl (C=O) groups is 1. The molecular formula is C12H16O4S. The van der Waals surface area contributed by atoms with Crippen molar-refractivity contribution in [2.45, 2.75) is 24.8 Å². The third-order valence-electron chi connectivity index (χ3n) is 2.15. The largest absolute Gasteiger partial charge is 0.464 e. The molecule has 1 N–H and O–H groups in total. The van der Waals surface area contributed by atoms with E-state index in [0.29, 0.717) is 4.90 Å². The van der Waals surface area contributed by atoms with E-state index in [4.69, 9.17) is 0 Å². The number of carbonyl (C=O) groups excluding carboxylic acids is 1. The van der Waals surface area contributed by atoms with Gasteiger partial charge in [0.2, 0.25) is 0 Å². The predicted octanol–water partition coefficient (Wildman–Crippen LogP) is 1.03. The van der Waals surface area contributed by atoms with Gasteiger partial charge in [-0.05, 0) is 26.0 Å². The molecule has 2 atom stereocenters. The summed E-state index contributed by atoms with van der Waals surface area (Å²) >= 11 is 0. The Kier molecular flexibility index (Phi) is 5.31. The van der Waals surface area contributed by atoms with Gasteiger partial charge in [0, 0.05) is 4.90 Å². The van der Waals surface area contributed by atoms with E-state index in [1.165, 1.54) is 0 Å². The molecule has 1 rings (SSSR count). The van der Waals surface area contributed by atoms with E-state index >= 15 is 0 Å². The Morgan fingerprint density at radius 2 is 2.00 bits per heavy atom. The second-order valence-electron chi connectivity index (χ2n) is 3.59. The Morgan fingerprint density at radius 3 is 2.53 bits per heavy atom. The van der Waals surface area contributed by atoms with E-state index in [1.807, 2.05) is 19.1 Å². The van der Waals surface area contributed by atoms with Crippen LogP contribution >= 0.6 is 0 Å². The van der Waals surface area contributed by atoms with Gasteiger partial charge in [0.25, 0.3) is 0 Å². The van der Waals surface area contributed by atoms with Crippen molar-refractivity contribution < 1.29 is 18.8 Å². The highest BCUT2D eigenvalue weighted by molar-refractivity contribution is 7.85. The number of ether oxygens (including phenoxy) is 1. The van der Waals surface area contributed by atoms with Crippen LogP contribution in [0.1, 0.15) is 12.5 Å². The number of esters is 1. The van der Waals surface area contributed by atoms with Crippen molar-refractivity contribution >= 4 is 16.8 Å². The monoisotopic (exact) mass is 256 g/mol. The second kappa shape index (κ2) is 6.51. The number of benzene rings is 1. The molecule has 0 aliphatic heterocycles. The third-order valence-corrected chi connectivity index (χ3v) is 3.57. The zero-order valence-corrected chi connectivity index (χ0v) is 10.7. The van der Waals surface area contributed by atoms with Crippen molar-refractivity contribution in [3.8, 4) is 0 Å². The van der Waals surface area contributed by atoms with E-state index in [2.05, 4.69) is 4.74 Å². The highest BCUT2D eigenvalue weighted by Crippen LogP contribution is 2.09. The summed E-state index contributed by atoms with van der Waals surface area (Å²) < 4.78 is 16.5. The van der Waals surface area contributed by atoms with Gasteiger partial charge < -0.3 is 9.84 Å². The molecule has 0 saturated carbocycles. The van der Waals surface area contributed by atoms with Crippen molar-refractivity contribution in [1.29, 1.82) is 0 Å². The van der Waals surface area contributed by atoms with Crippen molar-refractivity contribution in [3.05, 3.63) is 29.8 Å². The predicted molar refractivity (Wildman–Crippen MR) is 65.1 cm³/mol. The molecule has 1 aromatic carbocycles. The van der Waals surface area contributed by atoms with Crippen LogP contribution in [0.4, 0.5) is 0 Å². The van der Waals surface area contributed by atoms with Crippen LogP contribution in [0.2, 0.25) is 0 Å². The van der Waals surface area contributed by atoms with Gasteiger partial charge in [0.05, 0.1) is 23.2 Å². The summed E-state index contributed by atoms with van der Waals surface area (Å²) in [5.74, 6) is -0.866. The molecule has 0 amide bonds. The SMILES string of the molecule is CCOC(=O)[C@H](O)C[S@@](=O)c1ccc(C)cc1. The van der Waals surface area contributed by atoms with Crippen LogP contribution in [0.15, 0.2) is 29.2 Å². The van der Waals surface area contributed by atoms with Crippen LogP contribution in [0.3, 0.4) is 0 Å². The van der Waals surface area contributed by atoms with Crippen LogP contribution in [0.25, 0.3) is 0 Å². The molecule has 0 spiro atoms. The van der Waals surface area contributed by atoms with Gasteiger partial charge in [-0.2, -0.15) is 0 Å². The molecule has 1 aromatic rings. The summed E-state index contributed by atoms with van der Waals surface area (Å²) in [5, 5.41) is 9.47. The first kappa shape index (κ1) is 13.9. The summed E-state index contributed by atoms with van der Waals surface area (Å²) in [5.41, 5.74) is 1.07. The lowest BCUT2D eigenvalue weighted by molar-refractivity contribution is -0.151. The molecule has 5 heteroatoms. The summed E-state index contributed by atoms with van der Waals surface area (Å²) in [6.45, 7) is 3.79. The highest BCUT2D eigenvalue weighted by atomic mass is 32.2. The molecule has 0 aromatic heterocycles. The van der Waals surface area contributed by atoms with E-state index < -0.39 is 22.9 Å². The number of aliphatic hydroxyl groups is 1. The Balaban J connectivity index is 2.60. The quantitative estimate of drug-likeness (QED) is 0.799. The summed E-state index contributed by atoms with van der Waals surface area (Å²) in [4.78, 5) is 11.8. The van der Waals surface area contributed by atoms with Crippen molar-refractivity contribution in [2.75, 3.05) is 12.4 Å². The van der Waals surface area contributed by atoms with E-state index in [1.54, 1.807) is 19.1 Å². The standard InChI is InChI=1S/C12H16O4S/c1-3-16-12(14)11(13)8-17(15)10-6-4-9(2)5-7-10/h4-7,11,13H,3,8H2,1-2H3/t11-,17-/m1/s1. The summed E-state index contributed by atoms with van der Waals surface area (Å²) in [7, 11) is -1.40. The van der Waals surface area contributed by atoms with Crippen molar-refractivity contribution in [3.63, 3.8) is 0 Å². The van der Waals surface area contributed by atoms with Crippen LogP contribution in [0.5, 0.6) is 0 Å². The fourth-order valence-electron chi connectivity index (χ4n) is 1.24. The van der Waals surface area contributed by atoms with Gasteiger partial charge in [-0.15, -0.1) is 0 Å². The van der Waals surface area contributed by atoms with Crippen LogP contribution < -0.4 is 0 Å². The first-order valence-electron chi connectivity index (χ1n) is 5.34. The molecule has 0 radical (unpaired) electrons. The molecule has 94 valence electrons. The smallest absolute Gasteiger partial charge is 0.335 e. The molecule has 0 unspecified atom stereocenters. The molecule has 4 nitrogen and oxygen atoms in total. The maximum Gasteiger partial charge on any atom is 0.335 e. The summed E-state index contributed by atoms with van der Waals surface area (Å²) in [6.07, 6.45) is -1.34. The Morgan fingerprint density at radius 1 is 1.41 bits per heavy atom. The Labute approximate surface area is 103 Å². The summed E-state index contributed by atoms with van der Waals surface area (Å²) in [6, 6.07) is 7.13. The first-order valence-corrected chi connectivity index (χ1v) is 6.66. The minimum atomic E-state index is -1.40. The number of hydrogen-bond donors (Lipinski definition) is 1. The average molecular weight is 256 g/mol. The fourth-order valence-corrected chi connectivity index (χ4v) is 2.29. The molecule has 0 bridgehead atoms. The fraction of sp³-hybridized carbons (Fsp3) is 0.417. The number of aryl methyl sites for hydroxylation is 1. The van der Waals surface area contributed by atoms with E-state index in [0.717, 1.165) is 5.56 Å². The topological polar surface area (TPSA) is 63.6 Å². The Hall–Kier alpha value is -1.20. The van der Waals surface area contributed by atoms with Gasteiger partial charge in [-0.3, -0.25) is 4.21 Å². The van der Waals surface area contributed by atoms with Crippen LogP contribution in [0, 0.1) is 6.92 Å². The molecular weight excluding hydrogens is 240 g/mol. The molecule has 0 saturated heterocycles. The van der Waals surface area contributed by atoms with Crippen molar-refractivity contribution in [1.82, 2.24) is 0 Å². The molecule has 0 fully saturated rings. The third kappa shape index (κ3) is 4.28. The second-order valence-corrected chi connectivity index (χ2v) is 5.09. The number of aliphatic hydroxyl groups excluding tert-OH is 1. The van der Waals surface area contributed by atoms with Gasteiger partial charge in [-0.25, -0.2) is 4.79 Å². The van der Waals surface area contributed by atoms with E-state index in [9.17, 15) is 14.1 Å². The van der Waals surface area contributed by atoms with Gasteiger partial charge >= 0.3 is 5.97 Å². The van der Waals surface area contributed by atoms with Gasteiger partial charge in [-0.1, -0.05) is 17.7 Å². The lowest BCUT2D eigenvalue weighted by Crippen LogP contribution is -2.28. The zero-order chi connectivity index (χ0) is 12.8. The maximum absolute atomic E-state index is 11.8. The highest BCUT2D eigenvalue weighted by Gasteiger charge is 2.19. The van der Waals surface area contributed by atoms with E-state index in [-0.39, 0.29) is 12.4 Å². The maximum atomic E-state index is 11.8. The minimum absolute atomic E-state index is 0.137. The van der Waals surface area contributed by atoms with Crippen molar-refractivity contribution in [2.24, 2.45) is 0 Å². The van der Waals surface area contributed by atoms with Gasteiger partial charge in [0.15, 0.2) is 6.10 Å². The van der Waals surface area contributed by atoms with Crippen LogP contribution in [-0.2, 0) is 20.3 Å². The zero-order valence-electron chi connectivity index (χ0n) is 9.88. The molecule has 17 heavy (non-hydrogen) atoms. The Bertz CT molecular complexity index is 399. The number of hydrogen-bond acceptors (Lipinski definition) is 4. The van der Waals surface area contributed by atoms with Gasteiger partial charge in [0.1, 0.15) is 0 Å². The molecule has 0 heterocycles. The minimum Gasteiger partial charge on any atom is -0.464 e. The number of rotatable bonds is 5. The average Bonchev–Trinajstić information content (AvgIpc) is 2.30. The molecule has 0 aliphatic carbocycles. The normalized spacial score (nSPS) is 14.1.